The van der Waals surface area contributed by atoms with E-state index in [-0.39, 0.29) is 24.2 Å². The van der Waals surface area contributed by atoms with Gasteiger partial charge in [0.25, 0.3) is 11.8 Å². The summed E-state index contributed by atoms with van der Waals surface area (Å²) in [5, 5.41) is 3.90. The first-order valence-electron chi connectivity index (χ1n) is 9.90. The lowest BCUT2D eigenvalue weighted by Crippen LogP contribution is -2.49. The first-order valence-corrected chi connectivity index (χ1v) is 9.90. The van der Waals surface area contributed by atoms with Crippen molar-refractivity contribution in [2.45, 2.75) is 45.9 Å². The predicted molar refractivity (Wildman–Crippen MR) is 105 cm³/mol. The number of esters is 1. The van der Waals surface area contributed by atoms with E-state index in [0.29, 0.717) is 31.1 Å². The molecule has 0 saturated carbocycles. The molecule has 4 rings (SSSR count). The zero-order valence-corrected chi connectivity index (χ0v) is 16.9. The minimum Gasteiger partial charge on any atom is -0.459 e. The van der Waals surface area contributed by atoms with Crippen molar-refractivity contribution in [3.8, 4) is 0 Å². The van der Waals surface area contributed by atoms with Crippen LogP contribution in [0.15, 0.2) is 51.6 Å². The van der Waals surface area contributed by atoms with E-state index in [0.717, 1.165) is 11.1 Å². The predicted octanol–water partition coefficient (Wildman–Crippen LogP) is 3.17. The van der Waals surface area contributed by atoms with E-state index in [4.69, 9.17) is 13.7 Å². The molecule has 1 aromatic carbocycles. The molecule has 8 heteroatoms. The Morgan fingerprint density at radius 3 is 2.73 bits per heavy atom. The van der Waals surface area contributed by atoms with Crippen molar-refractivity contribution in [2.24, 2.45) is 5.92 Å². The highest BCUT2D eigenvalue weighted by molar-refractivity contribution is 5.95. The van der Waals surface area contributed by atoms with Gasteiger partial charge in [-0.1, -0.05) is 43.3 Å². The van der Waals surface area contributed by atoms with Crippen LogP contribution < -0.4 is 0 Å². The number of fused-ring (bicyclic) bond motifs is 1. The molecule has 0 unspecified atom stereocenters. The number of carbonyl (C=O) groups is 2. The van der Waals surface area contributed by atoms with Gasteiger partial charge in [-0.3, -0.25) is 4.79 Å². The van der Waals surface area contributed by atoms with Gasteiger partial charge in [-0.25, -0.2) is 4.79 Å². The maximum absolute atomic E-state index is 12.9. The standard InChI is InChI=1S/C22H23N3O5/c1-14(2)10-19-23-20(30-24-19)13-29-22(27)17-11-15-6-3-4-7-16(15)12-25(17)21(26)18-8-5-9-28-18/h3-9,14,17H,10-13H2,1-2H3/t17-/m0/s1. The van der Waals surface area contributed by atoms with E-state index >= 15 is 0 Å². The third-order valence-electron chi connectivity index (χ3n) is 4.95. The molecule has 3 aromatic rings. The van der Waals surface area contributed by atoms with Gasteiger partial charge in [0, 0.05) is 19.4 Å². The highest BCUT2D eigenvalue weighted by Gasteiger charge is 2.37. The zero-order valence-electron chi connectivity index (χ0n) is 16.9. The van der Waals surface area contributed by atoms with E-state index < -0.39 is 12.0 Å². The summed E-state index contributed by atoms with van der Waals surface area (Å²) in [5.41, 5.74) is 2.01. The number of hydrogen-bond donors (Lipinski definition) is 0. The number of furan rings is 1. The lowest BCUT2D eigenvalue weighted by Gasteiger charge is -2.34. The van der Waals surface area contributed by atoms with Gasteiger partial charge in [-0.2, -0.15) is 4.98 Å². The summed E-state index contributed by atoms with van der Waals surface area (Å²) in [5.74, 6) is 0.516. The second-order valence-electron chi connectivity index (χ2n) is 7.71. The summed E-state index contributed by atoms with van der Waals surface area (Å²) in [6.07, 6.45) is 2.48. The van der Waals surface area contributed by atoms with Gasteiger partial charge in [-0.05, 0) is 29.2 Å². The number of hydrogen-bond acceptors (Lipinski definition) is 7. The highest BCUT2D eigenvalue weighted by atomic mass is 16.6. The van der Waals surface area contributed by atoms with Crippen LogP contribution in [0, 0.1) is 5.92 Å². The van der Waals surface area contributed by atoms with Crippen molar-refractivity contribution >= 4 is 11.9 Å². The molecule has 0 N–H and O–H groups in total. The number of rotatable bonds is 6. The molecule has 30 heavy (non-hydrogen) atoms. The monoisotopic (exact) mass is 409 g/mol. The number of ether oxygens (including phenoxy) is 1. The number of aromatic nitrogens is 2. The van der Waals surface area contributed by atoms with Crippen molar-refractivity contribution in [3.05, 3.63) is 71.3 Å². The maximum atomic E-state index is 12.9. The summed E-state index contributed by atoms with van der Waals surface area (Å²) in [6, 6.07) is 10.2. The lowest BCUT2D eigenvalue weighted by atomic mass is 9.93. The van der Waals surface area contributed by atoms with Gasteiger partial charge in [0.05, 0.1) is 6.26 Å². The van der Waals surface area contributed by atoms with Crippen molar-refractivity contribution in [2.75, 3.05) is 0 Å². The Labute approximate surface area is 173 Å². The molecule has 0 fully saturated rings. The van der Waals surface area contributed by atoms with E-state index in [1.165, 1.54) is 11.2 Å². The molecule has 0 radical (unpaired) electrons. The van der Waals surface area contributed by atoms with E-state index in [9.17, 15) is 9.59 Å². The quantitative estimate of drug-likeness (QED) is 0.577. The average molecular weight is 409 g/mol. The van der Waals surface area contributed by atoms with Crippen molar-refractivity contribution in [1.29, 1.82) is 0 Å². The molecule has 1 aliphatic rings. The van der Waals surface area contributed by atoms with Crippen molar-refractivity contribution in [1.82, 2.24) is 15.0 Å². The Hall–Kier alpha value is -3.42. The van der Waals surface area contributed by atoms with E-state index in [1.54, 1.807) is 12.1 Å². The molecule has 0 bridgehead atoms. The second kappa shape index (κ2) is 8.52. The summed E-state index contributed by atoms with van der Waals surface area (Å²) in [4.78, 5) is 31.6. The molecule has 1 amide bonds. The van der Waals surface area contributed by atoms with E-state index in [2.05, 4.69) is 24.0 Å². The zero-order chi connectivity index (χ0) is 21.1. The molecule has 0 aliphatic carbocycles. The van der Waals surface area contributed by atoms with Crippen LogP contribution in [0.25, 0.3) is 0 Å². The fourth-order valence-electron chi connectivity index (χ4n) is 3.51. The minimum atomic E-state index is -0.768. The van der Waals surface area contributed by atoms with Crippen LogP contribution in [0.5, 0.6) is 0 Å². The lowest BCUT2D eigenvalue weighted by molar-refractivity contribution is -0.151. The Balaban J connectivity index is 1.49. The smallest absolute Gasteiger partial charge is 0.329 e. The molecule has 0 saturated heterocycles. The number of benzene rings is 1. The number of nitrogens with zero attached hydrogens (tertiary/aromatic N) is 3. The van der Waals surface area contributed by atoms with E-state index in [1.807, 2.05) is 24.3 Å². The topological polar surface area (TPSA) is 98.7 Å². The van der Waals surface area contributed by atoms with Gasteiger partial charge in [0.1, 0.15) is 6.04 Å². The third-order valence-corrected chi connectivity index (χ3v) is 4.95. The first kappa shape index (κ1) is 19.9. The van der Waals surface area contributed by atoms with Crippen LogP contribution in [-0.2, 0) is 35.5 Å². The highest BCUT2D eigenvalue weighted by Crippen LogP contribution is 2.26. The molecule has 1 aliphatic heterocycles. The second-order valence-corrected chi connectivity index (χ2v) is 7.71. The molecule has 2 aromatic heterocycles. The van der Waals surface area contributed by atoms with Crippen LogP contribution >= 0.6 is 0 Å². The first-order chi connectivity index (χ1) is 14.5. The van der Waals surface area contributed by atoms with Crippen LogP contribution in [0.4, 0.5) is 0 Å². The Morgan fingerprint density at radius 1 is 1.20 bits per heavy atom. The number of carbonyl (C=O) groups excluding carboxylic acids is 2. The van der Waals surface area contributed by atoms with Crippen molar-refractivity contribution in [3.63, 3.8) is 0 Å². The maximum Gasteiger partial charge on any atom is 0.329 e. The van der Waals surface area contributed by atoms with Gasteiger partial charge < -0.3 is 18.6 Å². The molecule has 156 valence electrons. The summed E-state index contributed by atoms with van der Waals surface area (Å²) in [6.45, 7) is 4.28. The van der Waals surface area contributed by atoms with Gasteiger partial charge in [0.2, 0.25) is 0 Å². The summed E-state index contributed by atoms with van der Waals surface area (Å²) < 4.78 is 15.8. The largest absolute Gasteiger partial charge is 0.459 e. The molecular formula is C22H23N3O5. The van der Waals surface area contributed by atoms with Crippen LogP contribution in [0.3, 0.4) is 0 Å². The van der Waals surface area contributed by atoms with Gasteiger partial charge >= 0.3 is 5.97 Å². The van der Waals surface area contributed by atoms with Crippen molar-refractivity contribution < 1.29 is 23.3 Å². The number of amides is 1. The van der Waals surface area contributed by atoms with Gasteiger partial charge in [-0.15, -0.1) is 0 Å². The van der Waals surface area contributed by atoms with Crippen LogP contribution in [0.1, 0.15) is 47.2 Å². The minimum absolute atomic E-state index is 0.134. The third kappa shape index (κ3) is 4.27. The molecule has 3 heterocycles. The molecule has 1 atom stereocenters. The molecule has 8 nitrogen and oxygen atoms in total. The van der Waals surface area contributed by atoms with Gasteiger partial charge in [0.15, 0.2) is 18.2 Å². The molecule has 0 spiro atoms. The normalized spacial score (nSPS) is 15.8. The van der Waals surface area contributed by atoms with Crippen LogP contribution in [0.2, 0.25) is 0 Å². The Bertz CT molecular complexity index is 1030. The molecular weight excluding hydrogens is 386 g/mol. The summed E-state index contributed by atoms with van der Waals surface area (Å²) >= 11 is 0. The fraction of sp³-hybridized carbons (Fsp3) is 0.364. The SMILES string of the molecule is CC(C)Cc1noc(COC(=O)[C@@H]2Cc3ccccc3CN2C(=O)c2ccco2)n1. The Morgan fingerprint density at radius 2 is 2.00 bits per heavy atom. The fourth-order valence-corrected chi connectivity index (χ4v) is 3.51. The average Bonchev–Trinajstić information content (AvgIpc) is 3.42. The Kier molecular flexibility index (Phi) is 5.65. The summed E-state index contributed by atoms with van der Waals surface area (Å²) in [7, 11) is 0. The van der Waals surface area contributed by atoms with Crippen LogP contribution in [-0.4, -0.2) is 33.0 Å².